The quantitative estimate of drug-likeness (QED) is 0.624. The van der Waals surface area contributed by atoms with E-state index in [1.165, 1.54) is 12.3 Å². The molecule has 1 aromatic carbocycles. The summed E-state index contributed by atoms with van der Waals surface area (Å²) in [5.74, 6) is -0.491. The van der Waals surface area contributed by atoms with Gasteiger partial charge in [-0.15, -0.1) is 0 Å². The van der Waals surface area contributed by atoms with E-state index in [0.29, 0.717) is 17.8 Å². The summed E-state index contributed by atoms with van der Waals surface area (Å²) in [6.45, 7) is 3.97. The normalized spacial score (nSPS) is 10.8. The van der Waals surface area contributed by atoms with Crippen molar-refractivity contribution in [2.45, 2.75) is 20.3 Å². The van der Waals surface area contributed by atoms with Crippen LogP contribution in [-0.2, 0) is 0 Å². The Balaban J connectivity index is 2.50. The average Bonchev–Trinajstić information content (AvgIpc) is 2.62. The molecule has 0 amide bonds. The lowest BCUT2D eigenvalue weighted by molar-refractivity contribution is 0.309. The largest absolute Gasteiger partial charge is 0.477 e. The molecule has 2 heterocycles. The summed E-state index contributed by atoms with van der Waals surface area (Å²) in [6, 6.07) is 5.49. The van der Waals surface area contributed by atoms with Gasteiger partial charge in [0.15, 0.2) is 5.43 Å². The fourth-order valence-corrected chi connectivity index (χ4v) is 3.40. The van der Waals surface area contributed by atoms with Crippen LogP contribution < -0.4 is 10.2 Å². The second kappa shape index (κ2) is 7.55. The fourth-order valence-electron chi connectivity index (χ4n) is 2.88. The SMILES string of the molecule is CCCOc1ncc(Cl)c2c1c(=O)cc(C)n2-c1c(Cl)cc(F)cc1C#N. The maximum absolute atomic E-state index is 13.7. The number of aryl methyl sites for hydroxylation is 1. The Bertz CT molecular complexity index is 1150. The molecule has 0 bridgehead atoms. The third-order valence-electron chi connectivity index (χ3n) is 3.95. The van der Waals surface area contributed by atoms with E-state index in [4.69, 9.17) is 27.9 Å². The molecule has 0 spiro atoms. The first-order valence-corrected chi connectivity index (χ1v) is 8.87. The molecular formula is C19H14Cl2FN3O2. The van der Waals surface area contributed by atoms with Crippen LogP contribution >= 0.6 is 23.2 Å². The Hall–Kier alpha value is -2.62. The van der Waals surface area contributed by atoms with Crippen molar-refractivity contribution in [1.82, 2.24) is 9.55 Å². The zero-order valence-corrected chi connectivity index (χ0v) is 16.0. The molecule has 0 fully saturated rings. The van der Waals surface area contributed by atoms with Crippen molar-refractivity contribution >= 4 is 34.1 Å². The van der Waals surface area contributed by atoms with Crippen LogP contribution in [0.3, 0.4) is 0 Å². The lowest BCUT2D eigenvalue weighted by Crippen LogP contribution is -2.15. The van der Waals surface area contributed by atoms with Gasteiger partial charge in [0.1, 0.15) is 17.3 Å². The minimum absolute atomic E-state index is 0.0111. The minimum atomic E-state index is -0.636. The van der Waals surface area contributed by atoms with Gasteiger partial charge in [-0.1, -0.05) is 30.1 Å². The molecule has 138 valence electrons. The number of nitrogens with zero attached hydrogens (tertiary/aromatic N) is 3. The smallest absolute Gasteiger partial charge is 0.227 e. The highest BCUT2D eigenvalue weighted by atomic mass is 35.5. The van der Waals surface area contributed by atoms with Crippen molar-refractivity contribution in [3.8, 4) is 17.6 Å². The number of hydrogen-bond acceptors (Lipinski definition) is 4. The predicted molar refractivity (Wildman–Crippen MR) is 103 cm³/mol. The molecule has 5 nitrogen and oxygen atoms in total. The van der Waals surface area contributed by atoms with Gasteiger partial charge < -0.3 is 9.30 Å². The van der Waals surface area contributed by atoms with Crippen molar-refractivity contribution in [2.75, 3.05) is 6.61 Å². The van der Waals surface area contributed by atoms with Gasteiger partial charge in [-0.25, -0.2) is 9.37 Å². The second-order valence-electron chi connectivity index (χ2n) is 5.86. The molecule has 2 aromatic heterocycles. The van der Waals surface area contributed by atoms with Crippen molar-refractivity contribution in [3.05, 3.63) is 61.7 Å². The van der Waals surface area contributed by atoms with Crippen molar-refractivity contribution in [3.63, 3.8) is 0 Å². The molecule has 0 aliphatic heterocycles. The average molecular weight is 406 g/mol. The Morgan fingerprint density at radius 3 is 2.70 bits per heavy atom. The van der Waals surface area contributed by atoms with E-state index >= 15 is 0 Å². The van der Waals surface area contributed by atoms with Gasteiger partial charge in [-0.2, -0.15) is 5.26 Å². The van der Waals surface area contributed by atoms with Crippen LogP contribution in [0.2, 0.25) is 10.0 Å². The van der Waals surface area contributed by atoms with E-state index < -0.39 is 5.82 Å². The zero-order chi connectivity index (χ0) is 19.7. The Labute approximate surface area is 164 Å². The van der Waals surface area contributed by atoms with Crippen molar-refractivity contribution in [2.24, 2.45) is 0 Å². The highest BCUT2D eigenvalue weighted by molar-refractivity contribution is 6.35. The Morgan fingerprint density at radius 2 is 2.04 bits per heavy atom. The van der Waals surface area contributed by atoms with Crippen LogP contribution in [0.15, 0.2) is 29.2 Å². The summed E-state index contributed by atoms with van der Waals surface area (Å²) in [6.07, 6.45) is 2.10. The lowest BCUT2D eigenvalue weighted by atomic mass is 10.1. The summed E-state index contributed by atoms with van der Waals surface area (Å²) < 4.78 is 20.9. The number of aromatic nitrogens is 2. The summed E-state index contributed by atoms with van der Waals surface area (Å²) >= 11 is 12.6. The molecule has 0 aliphatic carbocycles. The summed E-state index contributed by atoms with van der Waals surface area (Å²) in [4.78, 5) is 16.8. The molecule has 0 aliphatic rings. The van der Waals surface area contributed by atoms with Crippen molar-refractivity contribution < 1.29 is 9.13 Å². The number of hydrogen-bond donors (Lipinski definition) is 0. The number of benzene rings is 1. The summed E-state index contributed by atoms with van der Waals surface area (Å²) in [5.41, 5.74) is 0.700. The van der Waals surface area contributed by atoms with Crippen LogP contribution in [0, 0.1) is 24.1 Å². The van der Waals surface area contributed by atoms with E-state index in [-0.39, 0.29) is 38.0 Å². The molecule has 27 heavy (non-hydrogen) atoms. The first-order valence-electron chi connectivity index (χ1n) is 8.12. The number of pyridine rings is 2. The van der Waals surface area contributed by atoms with Crippen LogP contribution in [0.25, 0.3) is 16.6 Å². The van der Waals surface area contributed by atoms with Gasteiger partial charge in [-0.05, 0) is 25.5 Å². The van der Waals surface area contributed by atoms with Gasteiger partial charge in [0.05, 0.1) is 39.6 Å². The second-order valence-corrected chi connectivity index (χ2v) is 6.68. The van der Waals surface area contributed by atoms with E-state index in [9.17, 15) is 14.4 Å². The third kappa shape index (κ3) is 3.36. The fraction of sp³-hybridized carbons (Fsp3) is 0.211. The lowest BCUT2D eigenvalue weighted by Gasteiger charge is -2.19. The van der Waals surface area contributed by atoms with Crippen LogP contribution in [0.5, 0.6) is 5.88 Å². The van der Waals surface area contributed by atoms with Gasteiger partial charge in [0.2, 0.25) is 5.88 Å². The number of fused-ring (bicyclic) bond motifs is 1. The molecule has 0 unspecified atom stereocenters. The Morgan fingerprint density at radius 1 is 1.30 bits per heavy atom. The topological polar surface area (TPSA) is 67.9 Å². The van der Waals surface area contributed by atoms with Crippen molar-refractivity contribution in [1.29, 1.82) is 5.26 Å². The standard InChI is InChI=1S/C19H14Cl2FN3O2/c1-3-4-27-19-16-15(26)5-10(2)25(18(16)14(21)9-24-19)17-11(8-23)6-12(22)7-13(17)20/h5-7,9H,3-4H2,1-2H3. The first-order chi connectivity index (χ1) is 12.9. The van der Waals surface area contributed by atoms with Crippen LogP contribution in [0.1, 0.15) is 24.6 Å². The molecular weight excluding hydrogens is 392 g/mol. The molecule has 3 rings (SSSR count). The van der Waals surface area contributed by atoms with E-state index in [1.807, 2.05) is 13.0 Å². The summed E-state index contributed by atoms with van der Waals surface area (Å²) in [7, 11) is 0. The monoisotopic (exact) mass is 405 g/mol. The van der Waals surface area contributed by atoms with Gasteiger partial charge in [0, 0.05) is 11.8 Å². The van der Waals surface area contributed by atoms with Gasteiger partial charge in [-0.3, -0.25) is 4.79 Å². The zero-order valence-electron chi connectivity index (χ0n) is 14.5. The highest BCUT2D eigenvalue weighted by Gasteiger charge is 2.21. The maximum atomic E-state index is 13.7. The minimum Gasteiger partial charge on any atom is -0.477 e. The molecule has 8 heteroatoms. The first kappa shape index (κ1) is 19.2. The van der Waals surface area contributed by atoms with E-state index in [1.54, 1.807) is 11.5 Å². The maximum Gasteiger partial charge on any atom is 0.227 e. The molecule has 0 N–H and O–H groups in total. The van der Waals surface area contributed by atoms with E-state index in [0.717, 1.165) is 18.6 Å². The number of ether oxygens (including phenoxy) is 1. The van der Waals surface area contributed by atoms with Gasteiger partial charge >= 0.3 is 0 Å². The highest BCUT2D eigenvalue weighted by Crippen LogP contribution is 2.34. The molecule has 0 radical (unpaired) electrons. The molecule has 3 aromatic rings. The number of nitriles is 1. The van der Waals surface area contributed by atoms with Crippen LogP contribution in [0.4, 0.5) is 4.39 Å². The molecule has 0 saturated heterocycles. The van der Waals surface area contributed by atoms with Crippen LogP contribution in [-0.4, -0.2) is 16.2 Å². The molecule has 0 atom stereocenters. The summed E-state index contributed by atoms with van der Waals surface area (Å²) in [5, 5.41) is 9.83. The van der Waals surface area contributed by atoms with Gasteiger partial charge in [0.25, 0.3) is 0 Å². The Kier molecular flexibility index (Phi) is 5.36. The third-order valence-corrected chi connectivity index (χ3v) is 4.51. The number of rotatable bonds is 4. The number of halogens is 3. The predicted octanol–water partition coefficient (Wildman–Crippen LogP) is 4.80. The molecule has 0 saturated carbocycles. The van der Waals surface area contributed by atoms with E-state index in [2.05, 4.69) is 4.98 Å².